The number of methoxy groups -OCH3 is 1. The molecule has 2 aromatic rings. The van der Waals surface area contributed by atoms with Crippen molar-refractivity contribution in [3.63, 3.8) is 0 Å². The molecule has 0 heterocycles. The first-order valence-corrected chi connectivity index (χ1v) is 12.3. The normalized spacial score (nSPS) is 12.1. The summed E-state index contributed by atoms with van der Waals surface area (Å²) in [5, 5.41) is 2.89. The topological polar surface area (TPSA) is 84.9 Å². The van der Waals surface area contributed by atoms with Crippen LogP contribution in [-0.4, -0.2) is 46.9 Å². The van der Waals surface area contributed by atoms with E-state index >= 15 is 0 Å². The minimum atomic E-state index is -3.66. The van der Waals surface area contributed by atoms with E-state index in [2.05, 4.69) is 5.32 Å². The Morgan fingerprint density at radius 3 is 2.35 bits per heavy atom. The highest BCUT2D eigenvalue weighted by Gasteiger charge is 2.31. The molecule has 0 aliphatic carbocycles. The van der Waals surface area contributed by atoms with Crippen LogP contribution in [0.25, 0.3) is 0 Å². The third-order valence-electron chi connectivity index (χ3n) is 4.85. The van der Waals surface area contributed by atoms with Gasteiger partial charge in [-0.2, -0.15) is 0 Å². The van der Waals surface area contributed by atoms with Gasteiger partial charge < -0.3 is 14.8 Å². The third-order valence-corrected chi connectivity index (χ3v) is 6.03. The van der Waals surface area contributed by atoms with Gasteiger partial charge in [-0.05, 0) is 62.1 Å². The van der Waals surface area contributed by atoms with Gasteiger partial charge in [0, 0.05) is 6.54 Å². The Balaban J connectivity index is 2.05. The number of carbonyl (C=O) groups is 1. The largest absolute Gasteiger partial charge is 0.497 e. The molecule has 0 saturated carbocycles. The summed E-state index contributed by atoms with van der Waals surface area (Å²) in [6, 6.07) is 13.6. The molecule has 0 saturated heterocycles. The van der Waals surface area contributed by atoms with E-state index in [0.717, 1.165) is 24.0 Å². The predicted octanol–water partition coefficient (Wildman–Crippen LogP) is 3.39. The van der Waals surface area contributed by atoms with Crippen molar-refractivity contribution in [1.82, 2.24) is 5.32 Å². The highest BCUT2D eigenvalue weighted by molar-refractivity contribution is 7.92. The van der Waals surface area contributed by atoms with Gasteiger partial charge in [0.25, 0.3) is 0 Å². The fraction of sp³-hybridized carbons (Fsp3) is 0.435. The Morgan fingerprint density at radius 2 is 1.77 bits per heavy atom. The van der Waals surface area contributed by atoms with Crippen LogP contribution in [0.2, 0.25) is 0 Å². The van der Waals surface area contributed by atoms with Crippen LogP contribution in [0.5, 0.6) is 11.5 Å². The van der Waals surface area contributed by atoms with Crippen molar-refractivity contribution in [3.05, 3.63) is 54.1 Å². The van der Waals surface area contributed by atoms with Crippen LogP contribution in [-0.2, 0) is 21.2 Å². The molecule has 0 radical (unpaired) electrons. The molecule has 1 N–H and O–H groups in total. The number of amides is 1. The summed E-state index contributed by atoms with van der Waals surface area (Å²) in [6.07, 6.45) is 2.92. The van der Waals surface area contributed by atoms with E-state index < -0.39 is 16.1 Å². The molecule has 0 unspecified atom stereocenters. The standard InChI is InChI=1S/C23H32N2O5S/c1-5-21(25(31(4,27)28)19-13-15-20(29-3)16-14-19)23(26)24-17-9-11-18-10-7-8-12-22(18)30-6-2/h7-8,10,12-16,21H,5-6,9,11,17H2,1-4H3,(H,24,26)/t21-/m0/s1. The van der Waals surface area contributed by atoms with E-state index in [4.69, 9.17) is 9.47 Å². The zero-order valence-corrected chi connectivity index (χ0v) is 19.4. The summed E-state index contributed by atoms with van der Waals surface area (Å²) in [6.45, 7) is 4.77. The summed E-state index contributed by atoms with van der Waals surface area (Å²) >= 11 is 0. The molecule has 0 spiro atoms. The highest BCUT2D eigenvalue weighted by Crippen LogP contribution is 2.25. The molecule has 1 atom stereocenters. The second-order valence-electron chi connectivity index (χ2n) is 7.12. The summed E-state index contributed by atoms with van der Waals surface area (Å²) in [5.74, 6) is 1.15. The summed E-state index contributed by atoms with van der Waals surface area (Å²) in [7, 11) is -2.12. The second-order valence-corrected chi connectivity index (χ2v) is 8.98. The van der Waals surface area contributed by atoms with E-state index in [9.17, 15) is 13.2 Å². The molecule has 0 aliphatic rings. The van der Waals surface area contributed by atoms with Crippen molar-refractivity contribution in [1.29, 1.82) is 0 Å². The minimum absolute atomic E-state index is 0.318. The number of ether oxygens (including phenoxy) is 2. The van der Waals surface area contributed by atoms with Crippen LogP contribution >= 0.6 is 0 Å². The number of carbonyl (C=O) groups excluding carboxylic acids is 1. The average Bonchev–Trinajstić information content (AvgIpc) is 2.75. The molecular weight excluding hydrogens is 416 g/mol. The number of para-hydroxylation sites is 1. The predicted molar refractivity (Wildman–Crippen MR) is 123 cm³/mol. The van der Waals surface area contributed by atoms with Gasteiger partial charge in [0.2, 0.25) is 15.9 Å². The number of benzene rings is 2. The lowest BCUT2D eigenvalue weighted by molar-refractivity contribution is -0.122. The fourth-order valence-electron chi connectivity index (χ4n) is 3.40. The number of hydrogen-bond donors (Lipinski definition) is 1. The lowest BCUT2D eigenvalue weighted by atomic mass is 10.1. The summed E-state index contributed by atoms with van der Waals surface area (Å²) in [4.78, 5) is 12.9. The molecule has 31 heavy (non-hydrogen) atoms. The molecule has 0 fully saturated rings. The lowest BCUT2D eigenvalue weighted by Crippen LogP contribution is -2.49. The zero-order valence-electron chi connectivity index (χ0n) is 18.6. The smallest absolute Gasteiger partial charge is 0.243 e. The number of nitrogens with one attached hydrogen (secondary N) is 1. The van der Waals surface area contributed by atoms with E-state index in [1.165, 1.54) is 4.31 Å². The molecule has 1 amide bonds. The van der Waals surface area contributed by atoms with Crippen LogP contribution in [0, 0.1) is 0 Å². The van der Waals surface area contributed by atoms with Gasteiger partial charge >= 0.3 is 0 Å². The maximum Gasteiger partial charge on any atom is 0.243 e. The molecule has 2 aromatic carbocycles. The maximum absolute atomic E-state index is 12.9. The van der Waals surface area contributed by atoms with Gasteiger partial charge in [0.05, 0.1) is 25.7 Å². The Hall–Kier alpha value is -2.74. The summed E-state index contributed by atoms with van der Waals surface area (Å²) in [5.41, 5.74) is 1.51. The SMILES string of the molecule is CCOc1ccccc1CCCNC(=O)[C@H](CC)N(c1ccc(OC)cc1)S(C)(=O)=O. The van der Waals surface area contributed by atoms with Crippen molar-refractivity contribution in [2.75, 3.05) is 30.8 Å². The Labute approximate surface area is 185 Å². The number of rotatable bonds is 12. The van der Waals surface area contributed by atoms with E-state index in [0.29, 0.717) is 37.4 Å². The van der Waals surface area contributed by atoms with Crippen molar-refractivity contribution in [2.24, 2.45) is 0 Å². The first-order valence-electron chi connectivity index (χ1n) is 10.4. The maximum atomic E-state index is 12.9. The van der Waals surface area contributed by atoms with Gasteiger partial charge in [-0.15, -0.1) is 0 Å². The monoisotopic (exact) mass is 448 g/mol. The Kier molecular flexibility index (Phi) is 9.18. The van der Waals surface area contributed by atoms with Crippen molar-refractivity contribution in [3.8, 4) is 11.5 Å². The van der Waals surface area contributed by atoms with Crippen LogP contribution in [0.1, 0.15) is 32.3 Å². The molecule has 7 nitrogen and oxygen atoms in total. The van der Waals surface area contributed by atoms with Gasteiger partial charge in [0.1, 0.15) is 17.5 Å². The van der Waals surface area contributed by atoms with Gasteiger partial charge in [-0.3, -0.25) is 9.10 Å². The number of sulfonamides is 1. The molecular formula is C23H32N2O5S. The molecule has 8 heteroatoms. The van der Waals surface area contributed by atoms with Crippen molar-refractivity contribution >= 4 is 21.6 Å². The number of nitrogens with zero attached hydrogens (tertiary/aromatic N) is 1. The first kappa shape index (κ1) is 24.5. The third kappa shape index (κ3) is 6.89. The van der Waals surface area contributed by atoms with E-state index in [-0.39, 0.29) is 5.91 Å². The number of hydrogen-bond acceptors (Lipinski definition) is 5. The number of anilines is 1. The first-order chi connectivity index (χ1) is 14.8. The van der Waals surface area contributed by atoms with Crippen LogP contribution < -0.4 is 19.1 Å². The second kappa shape index (κ2) is 11.6. The van der Waals surface area contributed by atoms with Crippen molar-refractivity contribution < 1.29 is 22.7 Å². The van der Waals surface area contributed by atoms with Gasteiger partial charge in [0.15, 0.2) is 0 Å². The van der Waals surface area contributed by atoms with Gasteiger partial charge in [-0.1, -0.05) is 25.1 Å². The van der Waals surface area contributed by atoms with E-state index in [1.54, 1.807) is 38.3 Å². The quantitative estimate of drug-likeness (QED) is 0.503. The Morgan fingerprint density at radius 1 is 1.10 bits per heavy atom. The molecule has 170 valence electrons. The minimum Gasteiger partial charge on any atom is -0.497 e. The zero-order chi connectivity index (χ0) is 22.9. The van der Waals surface area contributed by atoms with Crippen LogP contribution in [0.15, 0.2) is 48.5 Å². The van der Waals surface area contributed by atoms with Crippen LogP contribution in [0.3, 0.4) is 0 Å². The highest BCUT2D eigenvalue weighted by atomic mass is 32.2. The molecule has 0 aromatic heterocycles. The lowest BCUT2D eigenvalue weighted by Gasteiger charge is -2.30. The Bertz CT molecular complexity index is 945. The van der Waals surface area contributed by atoms with E-state index in [1.807, 2.05) is 31.2 Å². The number of aryl methyl sites for hydroxylation is 1. The molecule has 0 bridgehead atoms. The molecule has 2 rings (SSSR count). The van der Waals surface area contributed by atoms with Crippen LogP contribution in [0.4, 0.5) is 5.69 Å². The molecule has 0 aliphatic heterocycles. The van der Waals surface area contributed by atoms with Gasteiger partial charge in [-0.25, -0.2) is 8.42 Å². The average molecular weight is 449 g/mol. The van der Waals surface area contributed by atoms with Crippen molar-refractivity contribution in [2.45, 2.75) is 39.2 Å². The fourth-order valence-corrected chi connectivity index (χ4v) is 4.62. The summed E-state index contributed by atoms with van der Waals surface area (Å²) < 4.78 is 37.0.